The van der Waals surface area contributed by atoms with Crippen LogP contribution in [0.25, 0.3) is 6.08 Å². The molecule has 1 unspecified atom stereocenters. The molecule has 2 heterocycles. The van der Waals surface area contributed by atoms with Gasteiger partial charge in [0.2, 0.25) is 0 Å². The molecular weight excluding hydrogens is 556 g/mol. The number of hydrogen-bond donors (Lipinski definition) is 0. The fourth-order valence-corrected chi connectivity index (χ4v) is 5.58. The molecule has 1 aliphatic rings. The Labute approximate surface area is 219 Å². The van der Waals surface area contributed by atoms with E-state index in [0.29, 0.717) is 42.7 Å². The van der Waals surface area contributed by atoms with Crippen molar-refractivity contribution >= 4 is 50.9 Å². The number of fused-ring (bicyclic) bond motifs is 1. The van der Waals surface area contributed by atoms with E-state index in [4.69, 9.17) is 25.8 Å². The SMILES string of the molecule is CCOC(=O)C1=C(C)N=c2sc(=Cc3cc(Br)c(OC)cc3OC)c(=O)n2C1c1ccc(Cl)cc1. The molecule has 0 amide bonds. The third-order valence-corrected chi connectivity index (χ3v) is 7.35. The van der Waals surface area contributed by atoms with Crippen molar-refractivity contribution in [1.82, 2.24) is 4.57 Å². The highest BCUT2D eigenvalue weighted by Gasteiger charge is 2.33. The maximum absolute atomic E-state index is 13.7. The van der Waals surface area contributed by atoms with Gasteiger partial charge in [0, 0.05) is 16.7 Å². The minimum Gasteiger partial charge on any atom is -0.496 e. The Morgan fingerprint density at radius 1 is 1.20 bits per heavy atom. The lowest BCUT2D eigenvalue weighted by Gasteiger charge is -2.24. The number of aromatic nitrogens is 1. The van der Waals surface area contributed by atoms with Crippen molar-refractivity contribution < 1.29 is 19.0 Å². The van der Waals surface area contributed by atoms with Crippen molar-refractivity contribution in [3.63, 3.8) is 0 Å². The number of benzene rings is 2. The number of carbonyl (C=O) groups is 1. The number of nitrogens with zero attached hydrogens (tertiary/aromatic N) is 2. The van der Waals surface area contributed by atoms with E-state index in [-0.39, 0.29) is 12.2 Å². The lowest BCUT2D eigenvalue weighted by atomic mass is 9.96. The Morgan fingerprint density at radius 3 is 2.51 bits per heavy atom. The van der Waals surface area contributed by atoms with Crippen LogP contribution >= 0.6 is 38.9 Å². The molecule has 2 aromatic carbocycles. The summed E-state index contributed by atoms with van der Waals surface area (Å²) in [6.07, 6.45) is 1.75. The average Bonchev–Trinajstić information content (AvgIpc) is 3.13. The van der Waals surface area contributed by atoms with Crippen LogP contribution in [0.15, 0.2) is 61.9 Å². The number of ether oxygens (including phenoxy) is 3. The molecule has 35 heavy (non-hydrogen) atoms. The molecule has 0 bridgehead atoms. The van der Waals surface area contributed by atoms with Crippen molar-refractivity contribution in [2.24, 2.45) is 4.99 Å². The Balaban J connectivity index is 1.96. The summed E-state index contributed by atoms with van der Waals surface area (Å²) < 4.78 is 18.9. The molecule has 182 valence electrons. The van der Waals surface area contributed by atoms with Crippen molar-refractivity contribution in [3.05, 3.63) is 88.0 Å². The van der Waals surface area contributed by atoms with Gasteiger partial charge in [0.05, 0.1) is 47.1 Å². The summed E-state index contributed by atoms with van der Waals surface area (Å²) in [5.41, 5.74) is 1.95. The molecule has 0 fully saturated rings. The number of hydrogen-bond acceptors (Lipinski definition) is 7. The summed E-state index contributed by atoms with van der Waals surface area (Å²) >= 11 is 10.8. The Kier molecular flexibility index (Phi) is 7.49. The van der Waals surface area contributed by atoms with E-state index < -0.39 is 12.0 Å². The van der Waals surface area contributed by atoms with Gasteiger partial charge in [0.15, 0.2) is 4.80 Å². The molecule has 0 aliphatic carbocycles. The highest BCUT2D eigenvalue weighted by Crippen LogP contribution is 2.34. The second kappa shape index (κ2) is 10.4. The Morgan fingerprint density at radius 2 is 1.89 bits per heavy atom. The molecule has 1 atom stereocenters. The normalized spacial score (nSPS) is 15.5. The van der Waals surface area contributed by atoms with Gasteiger partial charge in [0.1, 0.15) is 11.5 Å². The molecule has 3 aromatic rings. The van der Waals surface area contributed by atoms with Crippen molar-refractivity contribution in [1.29, 1.82) is 0 Å². The van der Waals surface area contributed by atoms with E-state index in [1.54, 1.807) is 64.5 Å². The van der Waals surface area contributed by atoms with Crippen LogP contribution in [0.3, 0.4) is 0 Å². The van der Waals surface area contributed by atoms with E-state index >= 15 is 0 Å². The van der Waals surface area contributed by atoms with E-state index in [1.807, 2.05) is 6.07 Å². The largest absolute Gasteiger partial charge is 0.496 e. The number of rotatable bonds is 6. The smallest absolute Gasteiger partial charge is 0.338 e. The zero-order valence-corrected chi connectivity index (χ0v) is 22.6. The number of thiazole rings is 1. The number of methoxy groups -OCH3 is 2. The molecule has 0 saturated carbocycles. The van der Waals surface area contributed by atoms with Gasteiger partial charge < -0.3 is 14.2 Å². The molecule has 10 heteroatoms. The second-order valence-corrected chi connectivity index (χ2v) is 9.88. The van der Waals surface area contributed by atoms with Crippen LogP contribution < -0.4 is 24.4 Å². The van der Waals surface area contributed by atoms with Crippen LogP contribution in [-0.4, -0.2) is 31.4 Å². The van der Waals surface area contributed by atoms with Crippen molar-refractivity contribution in [3.8, 4) is 11.5 Å². The van der Waals surface area contributed by atoms with Gasteiger partial charge in [-0.1, -0.05) is 35.1 Å². The Bertz CT molecular complexity index is 1510. The lowest BCUT2D eigenvalue weighted by molar-refractivity contribution is -0.139. The third kappa shape index (κ3) is 4.80. The molecular formula is C25H22BrClN2O5S. The maximum Gasteiger partial charge on any atom is 0.338 e. The summed E-state index contributed by atoms with van der Waals surface area (Å²) in [5, 5.41) is 0.553. The fraction of sp³-hybridized carbons (Fsp3) is 0.240. The molecule has 0 N–H and O–H groups in total. The number of allylic oxidation sites excluding steroid dienone is 1. The zero-order valence-electron chi connectivity index (χ0n) is 19.4. The quantitative estimate of drug-likeness (QED) is 0.410. The molecule has 4 rings (SSSR count). The molecule has 0 spiro atoms. The summed E-state index contributed by atoms with van der Waals surface area (Å²) in [5.74, 6) is 0.648. The third-order valence-electron chi connectivity index (χ3n) is 5.49. The van der Waals surface area contributed by atoms with Gasteiger partial charge in [-0.05, 0) is 59.6 Å². The van der Waals surface area contributed by atoms with Gasteiger partial charge in [-0.2, -0.15) is 0 Å². The first-order chi connectivity index (χ1) is 16.8. The molecule has 1 aliphatic heterocycles. The fourth-order valence-electron chi connectivity index (χ4n) is 3.89. The van der Waals surface area contributed by atoms with Crippen LogP contribution in [-0.2, 0) is 9.53 Å². The van der Waals surface area contributed by atoms with Gasteiger partial charge in [-0.25, -0.2) is 9.79 Å². The van der Waals surface area contributed by atoms with E-state index in [2.05, 4.69) is 20.9 Å². The van der Waals surface area contributed by atoms with Crippen molar-refractivity contribution in [2.75, 3.05) is 20.8 Å². The summed E-state index contributed by atoms with van der Waals surface area (Å²) in [6, 6.07) is 9.91. The Hall–Kier alpha value is -2.88. The van der Waals surface area contributed by atoms with Crippen molar-refractivity contribution in [2.45, 2.75) is 19.9 Å². The number of halogens is 2. The number of carbonyl (C=O) groups excluding carboxylic acids is 1. The number of esters is 1. The monoisotopic (exact) mass is 576 g/mol. The predicted molar refractivity (Wildman–Crippen MR) is 139 cm³/mol. The van der Waals surface area contributed by atoms with E-state index in [1.165, 1.54) is 15.9 Å². The van der Waals surface area contributed by atoms with Crippen LogP contribution in [0.1, 0.15) is 31.0 Å². The van der Waals surface area contributed by atoms with Crippen LogP contribution in [0, 0.1) is 0 Å². The first-order valence-electron chi connectivity index (χ1n) is 10.7. The summed E-state index contributed by atoms with van der Waals surface area (Å²) in [7, 11) is 3.12. The first kappa shape index (κ1) is 25.2. The van der Waals surface area contributed by atoms with Gasteiger partial charge in [-0.15, -0.1) is 0 Å². The molecule has 7 nitrogen and oxygen atoms in total. The van der Waals surface area contributed by atoms with Crippen LogP contribution in [0.5, 0.6) is 11.5 Å². The average molecular weight is 578 g/mol. The molecule has 0 saturated heterocycles. The van der Waals surface area contributed by atoms with Crippen LogP contribution in [0.4, 0.5) is 0 Å². The van der Waals surface area contributed by atoms with Gasteiger partial charge in [0.25, 0.3) is 5.56 Å². The van der Waals surface area contributed by atoms with E-state index in [0.717, 1.165) is 10.0 Å². The zero-order chi connectivity index (χ0) is 25.3. The highest BCUT2D eigenvalue weighted by molar-refractivity contribution is 9.10. The van der Waals surface area contributed by atoms with Gasteiger partial charge in [-0.3, -0.25) is 9.36 Å². The topological polar surface area (TPSA) is 79.1 Å². The summed E-state index contributed by atoms with van der Waals surface area (Å²) in [6.45, 7) is 3.69. The van der Waals surface area contributed by atoms with Gasteiger partial charge >= 0.3 is 5.97 Å². The molecule has 0 radical (unpaired) electrons. The van der Waals surface area contributed by atoms with E-state index in [9.17, 15) is 9.59 Å². The van der Waals surface area contributed by atoms with Crippen LogP contribution in [0.2, 0.25) is 5.02 Å². The lowest BCUT2D eigenvalue weighted by Crippen LogP contribution is -2.39. The first-order valence-corrected chi connectivity index (χ1v) is 12.6. The standard InChI is InChI=1S/C25H22BrClN2O5S/c1-5-34-24(31)21-13(2)28-25-29(22(21)14-6-8-16(27)9-7-14)23(30)20(35-25)11-15-10-17(26)19(33-4)12-18(15)32-3/h6-12,22H,5H2,1-4H3. The minimum atomic E-state index is -0.700. The predicted octanol–water partition coefficient (Wildman–Crippen LogP) is 4.23. The highest BCUT2D eigenvalue weighted by atomic mass is 79.9. The second-order valence-electron chi connectivity index (χ2n) is 7.58. The minimum absolute atomic E-state index is 0.208. The summed E-state index contributed by atoms with van der Waals surface area (Å²) in [4.78, 5) is 31.7. The molecule has 1 aromatic heterocycles. The maximum atomic E-state index is 13.7.